The topological polar surface area (TPSA) is 70.6 Å². The van der Waals surface area contributed by atoms with E-state index in [0.717, 1.165) is 6.42 Å². The van der Waals surface area contributed by atoms with Crippen LogP contribution in [0.3, 0.4) is 0 Å². The Bertz CT molecular complexity index is 581. The molecule has 170 valence electrons. The van der Waals surface area contributed by atoms with Gasteiger partial charge in [0.05, 0.1) is 11.1 Å². The molecule has 1 aliphatic heterocycles. The summed E-state index contributed by atoms with van der Waals surface area (Å²) in [6.07, 6.45) is -12.6. The Kier molecular flexibility index (Phi) is 6.58. The molecule has 1 heterocycles. The van der Waals surface area contributed by atoms with Crippen molar-refractivity contribution in [1.82, 2.24) is 10.6 Å². The molecule has 11 heteroatoms. The summed E-state index contributed by atoms with van der Waals surface area (Å²) in [5.74, 6) is -1.76. The van der Waals surface area contributed by atoms with Gasteiger partial charge in [-0.15, -0.1) is 0 Å². The average Bonchev–Trinajstić information content (AvgIpc) is 2.56. The minimum Gasteiger partial charge on any atom is -0.458 e. The number of carbonyl (C=O) groups excluding carboxylic acids is 1. The zero-order chi connectivity index (χ0) is 22.3. The van der Waals surface area contributed by atoms with Crippen LogP contribution in [0.5, 0.6) is 0 Å². The third-order valence-electron chi connectivity index (χ3n) is 6.50. The number of carbonyl (C=O) groups is 1. The van der Waals surface area contributed by atoms with E-state index in [2.05, 4.69) is 10.6 Å². The van der Waals surface area contributed by atoms with Crippen LogP contribution in [0.15, 0.2) is 0 Å². The van der Waals surface area contributed by atoms with Crippen molar-refractivity contribution in [3.8, 4) is 0 Å². The molecule has 2 aliphatic rings. The van der Waals surface area contributed by atoms with Crippen molar-refractivity contribution >= 4 is 5.97 Å². The van der Waals surface area contributed by atoms with Gasteiger partial charge in [0.1, 0.15) is 6.10 Å². The summed E-state index contributed by atoms with van der Waals surface area (Å²) in [5, 5.41) is 15.7. The normalized spacial score (nSPS) is 22.7. The molecule has 0 spiro atoms. The fraction of sp³-hybridized carbons (Fsp3) is 0.944. The van der Waals surface area contributed by atoms with Gasteiger partial charge >= 0.3 is 18.3 Å². The highest BCUT2D eigenvalue weighted by Crippen LogP contribution is 2.49. The number of ether oxygens (including phenoxy) is 1. The summed E-state index contributed by atoms with van der Waals surface area (Å²) in [7, 11) is 0. The van der Waals surface area contributed by atoms with E-state index < -0.39 is 53.4 Å². The zero-order valence-corrected chi connectivity index (χ0v) is 16.6. The number of esters is 1. The van der Waals surface area contributed by atoms with E-state index in [1.807, 2.05) is 0 Å². The van der Waals surface area contributed by atoms with Gasteiger partial charge in [0.15, 0.2) is 0 Å². The summed E-state index contributed by atoms with van der Waals surface area (Å²) in [4.78, 5) is 12.7. The molecule has 1 saturated heterocycles. The van der Waals surface area contributed by atoms with Gasteiger partial charge in [0, 0.05) is 6.67 Å². The standard InChI is InChI=1S/C18H28F6N2O3/c1-14(2,15(3)25-10-26-15)13(27)29-12(9-11-7-5-4-6-8-11)16(28,17(19,20)21)18(22,23)24/h11-12,25-26,28H,4-10H2,1-3H3. The predicted molar refractivity (Wildman–Crippen MR) is 91.5 cm³/mol. The molecule has 2 rings (SSSR count). The second-order valence-corrected chi connectivity index (χ2v) is 8.68. The first-order valence-electron chi connectivity index (χ1n) is 9.63. The smallest absolute Gasteiger partial charge is 0.430 e. The largest absolute Gasteiger partial charge is 0.458 e. The highest BCUT2D eigenvalue weighted by molar-refractivity contribution is 5.78. The van der Waals surface area contributed by atoms with Crippen molar-refractivity contribution in [2.45, 2.75) is 89.0 Å². The average molecular weight is 434 g/mol. The van der Waals surface area contributed by atoms with Gasteiger partial charge in [0.25, 0.3) is 5.60 Å². The first-order chi connectivity index (χ1) is 13.1. The molecule has 0 radical (unpaired) electrons. The van der Waals surface area contributed by atoms with E-state index in [9.17, 15) is 36.2 Å². The van der Waals surface area contributed by atoms with Crippen LogP contribution >= 0.6 is 0 Å². The minimum absolute atomic E-state index is 0.327. The van der Waals surface area contributed by atoms with Gasteiger partial charge in [-0.2, -0.15) is 26.3 Å². The number of halogens is 6. The summed E-state index contributed by atoms with van der Waals surface area (Å²) >= 11 is 0. The second-order valence-electron chi connectivity index (χ2n) is 8.68. The molecule has 2 fully saturated rings. The molecule has 0 amide bonds. The monoisotopic (exact) mass is 434 g/mol. The Morgan fingerprint density at radius 2 is 1.55 bits per heavy atom. The molecule has 1 atom stereocenters. The number of aliphatic hydroxyl groups is 1. The predicted octanol–water partition coefficient (Wildman–Crippen LogP) is 3.62. The van der Waals surface area contributed by atoms with Crippen molar-refractivity contribution < 1.29 is 41.0 Å². The number of hydrogen-bond donors (Lipinski definition) is 3. The molecule has 0 bridgehead atoms. The lowest BCUT2D eigenvalue weighted by atomic mass is 9.77. The number of alkyl halides is 6. The summed E-state index contributed by atoms with van der Waals surface area (Å²) in [5.41, 5.74) is -7.70. The highest BCUT2D eigenvalue weighted by atomic mass is 19.4. The SMILES string of the molecule is CC1(C(C)(C)C(=O)OC(CC2CCCCC2)C(O)(C(F)(F)F)C(F)(F)F)NCN1. The van der Waals surface area contributed by atoms with Gasteiger partial charge in [-0.25, -0.2) is 0 Å². The zero-order valence-electron chi connectivity index (χ0n) is 16.6. The van der Waals surface area contributed by atoms with Gasteiger partial charge in [-0.3, -0.25) is 15.4 Å². The number of rotatable bonds is 6. The van der Waals surface area contributed by atoms with Crippen LogP contribution in [0.1, 0.15) is 59.3 Å². The molecule has 1 aliphatic carbocycles. The van der Waals surface area contributed by atoms with E-state index >= 15 is 0 Å². The highest BCUT2D eigenvalue weighted by Gasteiger charge is 2.75. The van der Waals surface area contributed by atoms with Crippen LogP contribution in [0.2, 0.25) is 0 Å². The van der Waals surface area contributed by atoms with Crippen LogP contribution < -0.4 is 10.6 Å². The number of hydrogen-bond acceptors (Lipinski definition) is 5. The molecule has 1 saturated carbocycles. The lowest BCUT2D eigenvalue weighted by molar-refractivity contribution is -0.393. The Morgan fingerprint density at radius 3 is 1.93 bits per heavy atom. The van der Waals surface area contributed by atoms with E-state index in [4.69, 9.17) is 4.74 Å². The minimum atomic E-state index is -6.06. The lowest BCUT2D eigenvalue weighted by Crippen LogP contribution is -2.77. The molecule has 29 heavy (non-hydrogen) atoms. The molecule has 0 aromatic carbocycles. The van der Waals surface area contributed by atoms with E-state index in [0.29, 0.717) is 32.4 Å². The van der Waals surface area contributed by atoms with E-state index in [-0.39, 0.29) is 0 Å². The van der Waals surface area contributed by atoms with Crippen molar-refractivity contribution in [3.63, 3.8) is 0 Å². The summed E-state index contributed by atoms with van der Waals surface area (Å²) < 4.78 is 85.7. The Hall–Kier alpha value is -1.07. The van der Waals surface area contributed by atoms with Gasteiger partial charge < -0.3 is 9.84 Å². The Balaban J connectivity index is 2.37. The van der Waals surface area contributed by atoms with Crippen LogP contribution in [-0.2, 0) is 9.53 Å². The third kappa shape index (κ3) is 4.36. The molecular weight excluding hydrogens is 406 g/mol. The second kappa shape index (κ2) is 7.88. The van der Waals surface area contributed by atoms with Crippen molar-refractivity contribution in [3.05, 3.63) is 0 Å². The Labute approximate surface area is 165 Å². The van der Waals surface area contributed by atoms with Crippen LogP contribution in [0, 0.1) is 11.3 Å². The van der Waals surface area contributed by atoms with Crippen molar-refractivity contribution in [2.75, 3.05) is 6.67 Å². The first kappa shape index (κ1) is 24.2. The van der Waals surface area contributed by atoms with E-state index in [1.165, 1.54) is 13.8 Å². The lowest BCUT2D eigenvalue weighted by Gasteiger charge is -2.51. The third-order valence-corrected chi connectivity index (χ3v) is 6.50. The van der Waals surface area contributed by atoms with Crippen molar-refractivity contribution in [1.29, 1.82) is 0 Å². The van der Waals surface area contributed by atoms with Crippen LogP contribution in [0.4, 0.5) is 26.3 Å². The summed E-state index contributed by atoms with van der Waals surface area (Å²) in [6.45, 7) is 4.58. The Morgan fingerprint density at radius 1 is 1.07 bits per heavy atom. The van der Waals surface area contributed by atoms with Gasteiger partial charge in [-0.05, 0) is 33.1 Å². The molecule has 0 aromatic heterocycles. The van der Waals surface area contributed by atoms with Gasteiger partial charge in [-0.1, -0.05) is 32.1 Å². The molecule has 5 nitrogen and oxygen atoms in total. The quantitative estimate of drug-likeness (QED) is 0.440. The summed E-state index contributed by atoms with van der Waals surface area (Å²) in [6, 6.07) is 0. The molecular formula is C18H28F6N2O3. The molecule has 1 unspecified atom stereocenters. The maximum atomic E-state index is 13.5. The van der Waals surface area contributed by atoms with E-state index in [1.54, 1.807) is 6.92 Å². The maximum Gasteiger partial charge on any atom is 0.430 e. The van der Waals surface area contributed by atoms with Crippen LogP contribution in [0.25, 0.3) is 0 Å². The first-order valence-corrected chi connectivity index (χ1v) is 9.63. The molecule has 0 aromatic rings. The fourth-order valence-electron chi connectivity index (χ4n) is 3.83. The molecule has 3 N–H and O–H groups in total. The fourth-order valence-corrected chi connectivity index (χ4v) is 3.83. The maximum absolute atomic E-state index is 13.5. The van der Waals surface area contributed by atoms with Crippen LogP contribution in [-0.4, -0.2) is 47.5 Å². The van der Waals surface area contributed by atoms with Crippen molar-refractivity contribution in [2.24, 2.45) is 11.3 Å². The van der Waals surface area contributed by atoms with Gasteiger partial charge in [0.2, 0.25) is 0 Å². The number of nitrogens with one attached hydrogen (secondary N) is 2.